The second-order valence-electron chi connectivity index (χ2n) is 4.85. The van der Waals surface area contributed by atoms with E-state index in [-0.39, 0.29) is 0 Å². The average Bonchev–Trinajstić information content (AvgIpc) is 3.09. The topological polar surface area (TPSA) is 39.1 Å². The molecule has 3 nitrogen and oxygen atoms in total. The van der Waals surface area contributed by atoms with Gasteiger partial charge in [0.25, 0.3) is 0 Å². The molecule has 1 unspecified atom stereocenters. The van der Waals surface area contributed by atoms with Gasteiger partial charge in [0.05, 0.1) is 6.07 Å². The van der Waals surface area contributed by atoms with Crippen molar-refractivity contribution in [3.8, 4) is 6.07 Å². The van der Waals surface area contributed by atoms with Crippen LogP contribution in [0.2, 0.25) is 0 Å². The third-order valence-corrected chi connectivity index (χ3v) is 3.47. The highest BCUT2D eigenvalue weighted by atomic mass is 15.2. The van der Waals surface area contributed by atoms with Gasteiger partial charge in [0.2, 0.25) is 0 Å². The van der Waals surface area contributed by atoms with Crippen LogP contribution in [0.15, 0.2) is 0 Å². The third-order valence-electron chi connectivity index (χ3n) is 3.47. The Bertz CT molecular complexity index is 224. The fourth-order valence-electron chi connectivity index (χ4n) is 2.47. The van der Waals surface area contributed by atoms with E-state index in [1.807, 2.05) is 0 Å². The molecule has 1 heterocycles. The molecule has 1 atom stereocenters. The summed E-state index contributed by atoms with van der Waals surface area (Å²) in [7, 11) is 0. The minimum atomic E-state index is 0.691. The van der Waals surface area contributed by atoms with Crippen LogP contribution in [0.3, 0.4) is 0 Å². The summed E-state index contributed by atoms with van der Waals surface area (Å²) in [5.74, 6) is 0.818. The van der Waals surface area contributed by atoms with Crippen molar-refractivity contribution in [3.63, 3.8) is 0 Å². The molecule has 0 aromatic heterocycles. The number of hydrogen-bond acceptors (Lipinski definition) is 3. The maximum absolute atomic E-state index is 8.63. The molecule has 0 radical (unpaired) electrons. The Morgan fingerprint density at radius 1 is 1.33 bits per heavy atom. The Morgan fingerprint density at radius 3 is 2.80 bits per heavy atom. The van der Waals surface area contributed by atoms with Gasteiger partial charge in [0.1, 0.15) is 0 Å². The van der Waals surface area contributed by atoms with Crippen LogP contribution >= 0.6 is 0 Å². The minimum absolute atomic E-state index is 0.691. The van der Waals surface area contributed by atoms with Gasteiger partial charge in [-0.25, -0.2) is 0 Å². The maximum Gasteiger partial charge on any atom is 0.0635 e. The Kier molecular flexibility index (Phi) is 3.99. The van der Waals surface area contributed by atoms with E-state index in [9.17, 15) is 0 Å². The van der Waals surface area contributed by atoms with Crippen LogP contribution in [0.25, 0.3) is 0 Å². The number of nitrogens with zero attached hydrogens (tertiary/aromatic N) is 2. The molecule has 0 aromatic carbocycles. The molecular weight excluding hydrogens is 186 g/mol. The Balaban J connectivity index is 1.74. The van der Waals surface area contributed by atoms with Gasteiger partial charge in [-0.05, 0) is 44.7 Å². The van der Waals surface area contributed by atoms with E-state index < -0.39 is 0 Å². The summed E-state index contributed by atoms with van der Waals surface area (Å²) >= 11 is 0. The molecule has 2 rings (SSSR count). The van der Waals surface area contributed by atoms with Crippen LogP contribution < -0.4 is 5.32 Å². The lowest BCUT2D eigenvalue weighted by atomic mass is 9.99. The SMILES string of the molecule is N#CCCN(CC1CCCNC1)C1CC1. The number of nitrogens with one attached hydrogen (secondary N) is 1. The summed E-state index contributed by atoms with van der Waals surface area (Å²) in [5, 5.41) is 12.1. The van der Waals surface area contributed by atoms with Gasteiger partial charge >= 0.3 is 0 Å². The zero-order valence-corrected chi connectivity index (χ0v) is 9.41. The number of nitriles is 1. The average molecular weight is 207 g/mol. The molecule has 1 saturated heterocycles. The van der Waals surface area contributed by atoms with Crippen molar-refractivity contribution in [2.75, 3.05) is 26.2 Å². The zero-order chi connectivity index (χ0) is 10.5. The minimum Gasteiger partial charge on any atom is -0.316 e. The van der Waals surface area contributed by atoms with Crippen LogP contribution in [-0.4, -0.2) is 37.1 Å². The van der Waals surface area contributed by atoms with Crippen LogP contribution in [0.5, 0.6) is 0 Å². The maximum atomic E-state index is 8.63. The van der Waals surface area contributed by atoms with E-state index in [0.717, 1.165) is 18.5 Å². The summed E-state index contributed by atoms with van der Waals surface area (Å²) in [6, 6.07) is 3.07. The van der Waals surface area contributed by atoms with E-state index in [4.69, 9.17) is 5.26 Å². The van der Waals surface area contributed by atoms with Gasteiger partial charge in [0, 0.05) is 25.6 Å². The van der Waals surface area contributed by atoms with Crippen LogP contribution in [-0.2, 0) is 0 Å². The first-order valence-corrected chi connectivity index (χ1v) is 6.22. The van der Waals surface area contributed by atoms with E-state index in [1.54, 1.807) is 0 Å². The first-order valence-electron chi connectivity index (χ1n) is 6.22. The van der Waals surface area contributed by atoms with Gasteiger partial charge in [-0.2, -0.15) is 5.26 Å². The van der Waals surface area contributed by atoms with Crippen LogP contribution in [0, 0.1) is 17.2 Å². The summed E-state index contributed by atoms with van der Waals surface area (Å²) in [5.41, 5.74) is 0. The van der Waals surface area contributed by atoms with Crippen molar-refractivity contribution in [1.82, 2.24) is 10.2 Å². The quantitative estimate of drug-likeness (QED) is 0.740. The van der Waals surface area contributed by atoms with Gasteiger partial charge < -0.3 is 5.32 Å². The molecule has 2 fully saturated rings. The second kappa shape index (κ2) is 5.48. The van der Waals surface area contributed by atoms with Crippen molar-refractivity contribution in [2.45, 2.75) is 38.1 Å². The number of piperidine rings is 1. The molecular formula is C12H21N3. The Morgan fingerprint density at radius 2 is 2.20 bits per heavy atom. The van der Waals surface area contributed by atoms with Gasteiger partial charge in [-0.1, -0.05) is 0 Å². The van der Waals surface area contributed by atoms with Crippen LogP contribution in [0.1, 0.15) is 32.1 Å². The van der Waals surface area contributed by atoms with Crippen molar-refractivity contribution >= 4 is 0 Å². The molecule has 0 amide bonds. The lowest BCUT2D eigenvalue weighted by molar-refractivity contribution is 0.203. The van der Waals surface area contributed by atoms with Crippen molar-refractivity contribution < 1.29 is 0 Å². The molecule has 0 aromatic rings. The molecule has 1 aliphatic carbocycles. The highest BCUT2D eigenvalue weighted by molar-refractivity contribution is 4.88. The number of hydrogen-bond donors (Lipinski definition) is 1. The standard InChI is InChI=1S/C12H21N3/c13-6-2-8-15(12-4-5-12)10-11-3-1-7-14-9-11/h11-12,14H,1-5,7-10H2. The summed E-state index contributed by atoms with van der Waals surface area (Å²) in [6.07, 6.45) is 6.08. The van der Waals surface area contributed by atoms with E-state index >= 15 is 0 Å². The predicted octanol–water partition coefficient (Wildman–Crippen LogP) is 1.36. The molecule has 84 valence electrons. The lowest BCUT2D eigenvalue weighted by Gasteiger charge is -2.29. The summed E-state index contributed by atoms with van der Waals surface area (Å²) in [6.45, 7) is 4.56. The molecule has 0 bridgehead atoms. The molecule has 1 saturated carbocycles. The molecule has 15 heavy (non-hydrogen) atoms. The van der Waals surface area contributed by atoms with E-state index in [1.165, 1.54) is 45.3 Å². The predicted molar refractivity (Wildman–Crippen MR) is 60.4 cm³/mol. The summed E-state index contributed by atoms with van der Waals surface area (Å²) < 4.78 is 0. The molecule has 1 N–H and O–H groups in total. The van der Waals surface area contributed by atoms with Crippen LogP contribution in [0.4, 0.5) is 0 Å². The first-order chi connectivity index (χ1) is 7.40. The largest absolute Gasteiger partial charge is 0.316 e. The van der Waals surface area contributed by atoms with E-state index in [2.05, 4.69) is 16.3 Å². The third kappa shape index (κ3) is 3.48. The molecule has 1 aliphatic heterocycles. The van der Waals surface area contributed by atoms with Crippen molar-refractivity contribution in [2.24, 2.45) is 5.92 Å². The second-order valence-corrected chi connectivity index (χ2v) is 4.85. The van der Waals surface area contributed by atoms with Gasteiger partial charge in [0.15, 0.2) is 0 Å². The Labute approximate surface area is 92.4 Å². The van der Waals surface area contributed by atoms with E-state index in [0.29, 0.717) is 6.42 Å². The van der Waals surface area contributed by atoms with Crippen molar-refractivity contribution in [1.29, 1.82) is 5.26 Å². The zero-order valence-electron chi connectivity index (χ0n) is 9.41. The molecule has 0 spiro atoms. The molecule has 3 heteroatoms. The Hall–Kier alpha value is -0.590. The highest BCUT2D eigenvalue weighted by Gasteiger charge is 2.30. The fraction of sp³-hybridized carbons (Fsp3) is 0.917. The number of rotatable bonds is 5. The highest BCUT2D eigenvalue weighted by Crippen LogP contribution is 2.28. The summed E-state index contributed by atoms with van der Waals surface area (Å²) in [4.78, 5) is 2.54. The fourth-order valence-corrected chi connectivity index (χ4v) is 2.47. The van der Waals surface area contributed by atoms with Crippen molar-refractivity contribution in [3.05, 3.63) is 0 Å². The smallest absolute Gasteiger partial charge is 0.0635 e. The monoisotopic (exact) mass is 207 g/mol. The first kappa shape index (κ1) is 10.9. The molecule has 2 aliphatic rings. The normalized spacial score (nSPS) is 26.5. The van der Waals surface area contributed by atoms with Gasteiger partial charge in [-0.3, -0.25) is 4.90 Å². The van der Waals surface area contributed by atoms with Gasteiger partial charge in [-0.15, -0.1) is 0 Å². The lowest BCUT2D eigenvalue weighted by Crippen LogP contribution is -2.39.